The van der Waals surface area contributed by atoms with Crippen LogP contribution in [0.1, 0.15) is 33.1 Å². The monoisotopic (exact) mass is 243 g/mol. The predicted molar refractivity (Wildman–Crippen MR) is 62.6 cm³/mol. The highest BCUT2D eigenvalue weighted by Crippen LogP contribution is 2.26. The first kappa shape index (κ1) is 14.0. The summed E-state index contributed by atoms with van der Waals surface area (Å²) in [5.74, 6) is -0.595. The van der Waals surface area contributed by atoms with Gasteiger partial charge in [0.15, 0.2) is 0 Å². The van der Waals surface area contributed by atoms with E-state index in [0.29, 0.717) is 25.5 Å². The molecule has 1 amide bonds. The van der Waals surface area contributed by atoms with Crippen LogP contribution in [0.4, 0.5) is 0 Å². The van der Waals surface area contributed by atoms with Gasteiger partial charge in [0, 0.05) is 19.6 Å². The predicted octanol–water partition coefficient (Wildman–Crippen LogP) is 1.03. The zero-order valence-electron chi connectivity index (χ0n) is 10.4. The molecule has 0 aromatic heterocycles. The summed E-state index contributed by atoms with van der Waals surface area (Å²) in [5.41, 5.74) is 0. The lowest BCUT2D eigenvalue weighted by Gasteiger charge is -2.21. The van der Waals surface area contributed by atoms with Crippen LogP contribution >= 0.6 is 0 Å². The lowest BCUT2D eigenvalue weighted by molar-refractivity contribution is -0.137. The van der Waals surface area contributed by atoms with Crippen molar-refractivity contribution in [3.8, 4) is 0 Å². The number of carboxylic acids is 1. The first-order valence-corrected chi connectivity index (χ1v) is 6.13. The molecule has 1 fully saturated rings. The van der Waals surface area contributed by atoms with Crippen molar-refractivity contribution in [2.75, 3.05) is 13.2 Å². The molecular weight excluding hydrogens is 222 g/mol. The van der Waals surface area contributed by atoms with Gasteiger partial charge in [-0.3, -0.25) is 9.59 Å². The SMILES string of the molecule is CC(C)C1OCCC1C(=O)NCCCC(=O)O. The van der Waals surface area contributed by atoms with Crippen LogP contribution in [0.3, 0.4) is 0 Å². The van der Waals surface area contributed by atoms with Crippen molar-refractivity contribution in [3.63, 3.8) is 0 Å². The second-order valence-electron chi connectivity index (χ2n) is 4.76. The Labute approximate surface area is 102 Å². The Kier molecular flexibility index (Phi) is 5.41. The molecule has 5 nitrogen and oxygen atoms in total. The number of carbonyl (C=O) groups is 2. The summed E-state index contributed by atoms with van der Waals surface area (Å²) in [6.45, 7) is 5.14. The van der Waals surface area contributed by atoms with Crippen LogP contribution in [-0.4, -0.2) is 36.2 Å². The van der Waals surface area contributed by atoms with E-state index < -0.39 is 5.97 Å². The van der Waals surface area contributed by atoms with Gasteiger partial charge in [0.1, 0.15) is 0 Å². The van der Waals surface area contributed by atoms with E-state index in [4.69, 9.17) is 9.84 Å². The van der Waals surface area contributed by atoms with E-state index in [1.165, 1.54) is 0 Å². The van der Waals surface area contributed by atoms with Crippen molar-refractivity contribution >= 4 is 11.9 Å². The van der Waals surface area contributed by atoms with Gasteiger partial charge in [0.2, 0.25) is 5.91 Å². The number of amides is 1. The molecule has 1 saturated heterocycles. The molecule has 0 saturated carbocycles. The molecule has 5 heteroatoms. The Bertz CT molecular complexity index is 278. The van der Waals surface area contributed by atoms with Gasteiger partial charge in [0.05, 0.1) is 12.0 Å². The summed E-state index contributed by atoms with van der Waals surface area (Å²) in [5, 5.41) is 11.3. The molecular formula is C12H21NO4. The Balaban J connectivity index is 2.29. The van der Waals surface area contributed by atoms with E-state index in [9.17, 15) is 9.59 Å². The van der Waals surface area contributed by atoms with E-state index in [-0.39, 0.29) is 24.3 Å². The van der Waals surface area contributed by atoms with Gasteiger partial charge in [-0.1, -0.05) is 13.8 Å². The highest BCUT2D eigenvalue weighted by molar-refractivity contribution is 5.79. The second-order valence-corrected chi connectivity index (χ2v) is 4.76. The fraction of sp³-hybridized carbons (Fsp3) is 0.833. The summed E-state index contributed by atoms with van der Waals surface area (Å²) in [6, 6.07) is 0. The minimum atomic E-state index is -0.830. The molecule has 1 aliphatic heterocycles. The molecule has 0 radical (unpaired) electrons. The number of aliphatic carboxylic acids is 1. The maximum absolute atomic E-state index is 11.9. The molecule has 0 aromatic carbocycles. The van der Waals surface area contributed by atoms with Gasteiger partial charge in [0.25, 0.3) is 0 Å². The second kappa shape index (κ2) is 6.59. The number of rotatable bonds is 6. The van der Waals surface area contributed by atoms with E-state index in [1.807, 2.05) is 13.8 Å². The van der Waals surface area contributed by atoms with E-state index in [2.05, 4.69) is 5.32 Å². The first-order chi connectivity index (χ1) is 8.02. The molecule has 17 heavy (non-hydrogen) atoms. The van der Waals surface area contributed by atoms with Crippen LogP contribution in [0.2, 0.25) is 0 Å². The number of carbonyl (C=O) groups excluding carboxylic acids is 1. The Morgan fingerprint density at radius 3 is 2.76 bits per heavy atom. The van der Waals surface area contributed by atoms with Gasteiger partial charge < -0.3 is 15.2 Å². The molecule has 2 unspecified atom stereocenters. The van der Waals surface area contributed by atoms with Crippen molar-refractivity contribution in [1.82, 2.24) is 5.32 Å². The van der Waals surface area contributed by atoms with Crippen LogP contribution in [-0.2, 0) is 14.3 Å². The molecule has 0 bridgehead atoms. The maximum Gasteiger partial charge on any atom is 0.303 e. The third-order valence-corrected chi connectivity index (χ3v) is 3.00. The molecule has 2 N–H and O–H groups in total. The Morgan fingerprint density at radius 1 is 1.47 bits per heavy atom. The summed E-state index contributed by atoms with van der Waals surface area (Å²) >= 11 is 0. The number of nitrogens with one attached hydrogen (secondary N) is 1. The number of hydrogen-bond acceptors (Lipinski definition) is 3. The zero-order valence-corrected chi connectivity index (χ0v) is 10.4. The normalized spacial score (nSPS) is 23.9. The van der Waals surface area contributed by atoms with Crippen LogP contribution in [0.15, 0.2) is 0 Å². The number of hydrogen-bond donors (Lipinski definition) is 2. The maximum atomic E-state index is 11.9. The van der Waals surface area contributed by atoms with Gasteiger partial charge in [-0.15, -0.1) is 0 Å². The number of ether oxygens (including phenoxy) is 1. The number of carboxylic acid groups (broad SMARTS) is 1. The molecule has 0 aromatic rings. The van der Waals surface area contributed by atoms with Crippen LogP contribution in [0.25, 0.3) is 0 Å². The lowest BCUT2D eigenvalue weighted by Crippen LogP contribution is -2.37. The summed E-state index contributed by atoms with van der Waals surface area (Å²) in [4.78, 5) is 22.2. The lowest BCUT2D eigenvalue weighted by atomic mass is 9.92. The summed E-state index contributed by atoms with van der Waals surface area (Å²) < 4.78 is 5.54. The topological polar surface area (TPSA) is 75.6 Å². The highest BCUT2D eigenvalue weighted by Gasteiger charge is 2.35. The third kappa shape index (κ3) is 4.34. The van der Waals surface area contributed by atoms with Gasteiger partial charge in [-0.2, -0.15) is 0 Å². The van der Waals surface area contributed by atoms with Crippen molar-refractivity contribution < 1.29 is 19.4 Å². The molecule has 1 aliphatic rings. The minimum absolute atomic E-state index is 0.00512. The Hall–Kier alpha value is -1.10. The van der Waals surface area contributed by atoms with E-state index in [0.717, 1.165) is 6.42 Å². The highest BCUT2D eigenvalue weighted by atomic mass is 16.5. The van der Waals surface area contributed by atoms with Crippen LogP contribution in [0.5, 0.6) is 0 Å². The average molecular weight is 243 g/mol. The van der Waals surface area contributed by atoms with Crippen molar-refractivity contribution in [2.24, 2.45) is 11.8 Å². The standard InChI is InChI=1S/C12H21NO4/c1-8(2)11-9(5-7-17-11)12(16)13-6-3-4-10(14)15/h8-9,11H,3-7H2,1-2H3,(H,13,16)(H,14,15). The molecule has 0 spiro atoms. The molecule has 0 aliphatic carbocycles. The first-order valence-electron chi connectivity index (χ1n) is 6.13. The smallest absolute Gasteiger partial charge is 0.303 e. The fourth-order valence-corrected chi connectivity index (χ4v) is 2.13. The molecule has 98 valence electrons. The molecule has 1 rings (SSSR count). The summed E-state index contributed by atoms with van der Waals surface area (Å²) in [6.07, 6.45) is 1.32. The van der Waals surface area contributed by atoms with E-state index in [1.54, 1.807) is 0 Å². The Morgan fingerprint density at radius 2 is 2.18 bits per heavy atom. The van der Waals surface area contributed by atoms with Gasteiger partial charge in [-0.25, -0.2) is 0 Å². The fourth-order valence-electron chi connectivity index (χ4n) is 2.13. The third-order valence-electron chi connectivity index (χ3n) is 3.00. The van der Waals surface area contributed by atoms with Crippen LogP contribution < -0.4 is 5.32 Å². The van der Waals surface area contributed by atoms with Crippen LogP contribution in [0, 0.1) is 11.8 Å². The largest absolute Gasteiger partial charge is 0.481 e. The van der Waals surface area contributed by atoms with Crippen molar-refractivity contribution in [2.45, 2.75) is 39.2 Å². The quantitative estimate of drug-likeness (QED) is 0.683. The van der Waals surface area contributed by atoms with Crippen molar-refractivity contribution in [3.05, 3.63) is 0 Å². The zero-order chi connectivity index (χ0) is 12.8. The van der Waals surface area contributed by atoms with Gasteiger partial charge in [-0.05, 0) is 18.8 Å². The van der Waals surface area contributed by atoms with Crippen molar-refractivity contribution in [1.29, 1.82) is 0 Å². The summed E-state index contributed by atoms with van der Waals surface area (Å²) in [7, 11) is 0. The molecule has 2 atom stereocenters. The average Bonchev–Trinajstić information content (AvgIpc) is 2.72. The van der Waals surface area contributed by atoms with E-state index >= 15 is 0 Å². The van der Waals surface area contributed by atoms with Gasteiger partial charge >= 0.3 is 5.97 Å². The minimum Gasteiger partial charge on any atom is -0.481 e. The molecule has 1 heterocycles.